The van der Waals surface area contributed by atoms with E-state index in [1.807, 2.05) is 17.0 Å². The summed E-state index contributed by atoms with van der Waals surface area (Å²) >= 11 is 0. The number of carbonyl (C=O) groups excluding carboxylic acids is 1. The molecule has 2 heterocycles. The zero-order valence-electron chi connectivity index (χ0n) is 14.0. The molecule has 7 heteroatoms. The third-order valence-electron chi connectivity index (χ3n) is 4.48. The Morgan fingerprint density at radius 3 is 2.68 bits per heavy atom. The Hall–Kier alpha value is -2.25. The summed E-state index contributed by atoms with van der Waals surface area (Å²) in [7, 11) is 0. The second kappa shape index (κ2) is 7.76. The summed E-state index contributed by atoms with van der Waals surface area (Å²) < 4.78 is 32.2. The number of furan rings is 1. The second-order valence-corrected chi connectivity index (χ2v) is 6.18. The maximum atomic E-state index is 13.7. The van der Waals surface area contributed by atoms with Crippen LogP contribution in [0.1, 0.15) is 12.7 Å². The van der Waals surface area contributed by atoms with Crippen LogP contribution >= 0.6 is 0 Å². The molecule has 1 aliphatic rings. The van der Waals surface area contributed by atoms with Crippen molar-refractivity contribution in [1.29, 1.82) is 0 Å². The summed E-state index contributed by atoms with van der Waals surface area (Å²) in [6.07, 6.45) is 1.66. The van der Waals surface area contributed by atoms with Crippen LogP contribution in [0, 0.1) is 11.6 Å². The van der Waals surface area contributed by atoms with E-state index in [2.05, 4.69) is 10.2 Å². The molecule has 1 aliphatic heterocycles. The first-order valence-corrected chi connectivity index (χ1v) is 8.27. The lowest BCUT2D eigenvalue weighted by atomic mass is 10.2. The predicted octanol–water partition coefficient (Wildman–Crippen LogP) is 2.70. The van der Waals surface area contributed by atoms with Crippen molar-refractivity contribution >= 4 is 11.6 Å². The highest BCUT2D eigenvalue weighted by molar-refractivity contribution is 5.94. The molecule has 25 heavy (non-hydrogen) atoms. The van der Waals surface area contributed by atoms with Crippen molar-refractivity contribution in [1.82, 2.24) is 9.80 Å². The lowest BCUT2D eigenvalue weighted by molar-refractivity contribution is -0.121. The first-order valence-electron chi connectivity index (χ1n) is 8.27. The van der Waals surface area contributed by atoms with Crippen LogP contribution in [0.3, 0.4) is 0 Å². The van der Waals surface area contributed by atoms with E-state index >= 15 is 0 Å². The SMILES string of the molecule is C[C@H](C(=O)Nc1cc(F)ccc1F)N1CCN(Cc2ccco2)CC1. The van der Waals surface area contributed by atoms with E-state index in [4.69, 9.17) is 4.42 Å². The van der Waals surface area contributed by atoms with E-state index in [1.165, 1.54) is 0 Å². The predicted molar refractivity (Wildman–Crippen MR) is 90.0 cm³/mol. The number of hydrogen-bond acceptors (Lipinski definition) is 4. The molecule has 0 unspecified atom stereocenters. The standard InChI is InChI=1S/C18H21F2N3O2/c1-13(18(24)21-17-11-14(19)4-5-16(17)20)23-8-6-22(7-9-23)12-15-3-2-10-25-15/h2-5,10-11,13H,6-9,12H2,1H3,(H,21,24)/t13-/m1/s1. The number of amides is 1. The van der Waals surface area contributed by atoms with Crippen molar-refractivity contribution < 1.29 is 18.0 Å². The maximum absolute atomic E-state index is 13.7. The largest absolute Gasteiger partial charge is 0.468 e. The van der Waals surface area contributed by atoms with Gasteiger partial charge in [0.25, 0.3) is 0 Å². The molecular weight excluding hydrogens is 328 g/mol. The summed E-state index contributed by atoms with van der Waals surface area (Å²) in [5.74, 6) is -0.661. The first-order chi connectivity index (χ1) is 12.0. The molecule has 0 bridgehead atoms. The van der Waals surface area contributed by atoms with Gasteiger partial charge in [0.05, 0.1) is 24.5 Å². The molecule has 1 aromatic heterocycles. The van der Waals surface area contributed by atoms with E-state index in [-0.39, 0.29) is 11.6 Å². The smallest absolute Gasteiger partial charge is 0.241 e. The molecule has 0 spiro atoms. The van der Waals surface area contributed by atoms with Crippen LogP contribution in [0.15, 0.2) is 41.0 Å². The molecule has 0 saturated carbocycles. The van der Waals surface area contributed by atoms with Crippen molar-refractivity contribution in [2.45, 2.75) is 19.5 Å². The molecule has 1 amide bonds. The Morgan fingerprint density at radius 1 is 1.24 bits per heavy atom. The van der Waals surface area contributed by atoms with Gasteiger partial charge >= 0.3 is 0 Å². The van der Waals surface area contributed by atoms with Crippen LogP contribution in [0.4, 0.5) is 14.5 Å². The van der Waals surface area contributed by atoms with Gasteiger partial charge < -0.3 is 9.73 Å². The number of hydrogen-bond donors (Lipinski definition) is 1. The number of halogens is 2. The molecule has 0 radical (unpaired) electrons. The Kier molecular flexibility index (Phi) is 5.45. The van der Waals surface area contributed by atoms with Gasteiger partial charge in [-0.25, -0.2) is 8.78 Å². The highest BCUT2D eigenvalue weighted by atomic mass is 19.1. The normalized spacial score (nSPS) is 17.4. The molecule has 0 aliphatic carbocycles. The summed E-state index contributed by atoms with van der Waals surface area (Å²) in [6, 6.07) is 6.39. The average molecular weight is 349 g/mol. The Bertz CT molecular complexity index is 713. The van der Waals surface area contributed by atoms with E-state index in [0.717, 1.165) is 56.7 Å². The third-order valence-corrected chi connectivity index (χ3v) is 4.48. The Balaban J connectivity index is 1.52. The highest BCUT2D eigenvalue weighted by Crippen LogP contribution is 2.17. The van der Waals surface area contributed by atoms with Crippen LogP contribution in [0.25, 0.3) is 0 Å². The Labute approximate surface area is 145 Å². The summed E-state index contributed by atoms with van der Waals surface area (Å²) in [5.41, 5.74) is -0.131. The summed E-state index contributed by atoms with van der Waals surface area (Å²) in [6.45, 7) is 5.59. The quantitative estimate of drug-likeness (QED) is 0.902. The molecule has 1 fully saturated rings. The lowest BCUT2D eigenvalue weighted by Crippen LogP contribution is -2.52. The van der Waals surface area contributed by atoms with E-state index in [0.29, 0.717) is 0 Å². The van der Waals surface area contributed by atoms with Gasteiger partial charge in [0.2, 0.25) is 5.91 Å². The van der Waals surface area contributed by atoms with Gasteiger partial charge in [-0.05, 0) is 31.2 Å². The number of carbonyl (C=O) groups is 1. The van der Waals surface area contributed by atoms with Gasteiger partial charge in [-0.1, -0.05) is 0 Å². The van der Waals surface area contributed by atoms with Crippen LogP contribution < -0.4 is 5.32 Å². The van der Waals surface area contributed by atoms with Gasteiger partial charge in [0.1, 0.15) is 17.4 Å². The van der Waals surface area contributed by atoms with Crippen LogP contribution in [-0.4, -0.2) is 47.9 Å². The van der Waals surface area contributed by atoms with Gasteiger partial charge in [-0.15, -0.1) is 0 Å². The van der Waals surface area contributed by atoms with E-state index in [9.17, 15) is 13.6 Å². The average Bonchev–Trinajstić information content (AvgIpc) is 3.11. The molecule has 1 aromatic carbocycles. The van der Waals surface area contributed by atoms with E-state index < -0.39 is 17.7 Å². The number of rotatable bonds is 5. The van der Waals surface area contributed by atoms with Crippen molar-refractivity contribution in [3.05, 3.63) is 54.0 Å². The highest BCUT2D eigenvalue weighted by Gasteiger charge is 2.26. The zero-order valence-corrected chi connectivity index (χ0v) is 14.0. The minimum absolute atomic E-state index is 0.131. The maximum Gasteiger partial charge on any atom is 0.241 e. The molecule has 1 atom stereocenters. The summed E-state index contributed by atoms with van der Waals surface area (Å²) in [4.78, 5) is 16.6. The third kappa shape index (κ3) is 4.43. The number of piperazine rings is 1. The van der Waals surface area contributed by atoms with Crippen LogP contribution in [-0.2, 0) is 11.3 Å². The molecule has 3 rings (SSSR count). The molecular formula is C18H21F2N3O2. The van der Waals surface area contributed by atoms with Gasteiger partial charge in [-0.3, -0.25) is 14.6 Å². The number of nitrogens with zero attached hydrogens (tertiary/aromatic N) is 2. The molecule has 5 nitrogen and oxygen atoms in total. The fourth-order valence-corrected chi connectivity index (χ4v) is 2.93. The van der Waals surface area contributed by atoms with Gasteiger partial charge in [-0.2, -0.15) is 0 Å². The number of nitrogens with one attached hydrogen (secondary N) is 1. The van der Waals surface area contributed by atoms with Crippen LogP contribution in [0.5, 0.6) is 0 Å². The molecule has 2 aromatic rings. The number of benzene rings is 1. The molecule has 1 saturated heterocycles. The number of anilines is 1. The molecule has 1 N–H and O–H groups in total. The fourth-order valence-electron chi connectivity index (χ4n) is 2.93. The van der Waals surface area contributed by atoms with Crippen molar-refractivity contribution in [3.8, 4) is 0 Å². The Morgan fingerprint density at radius 2 is 2.00 bits per heavy atom. The minimum atomic E-state index is -0.648. The molecule has 134 valence electrons. The second-order valence-electron chi connectivity index (χ2n) is 6.18. The van der Waals surface area contributed by atoms with Crippen molar-refractivity contribution in [2.75, 3.05) is 31.5 Å². The first kappa shape index (κ1) is 17.6. The van der Waals surface area contributed by atoms with Gasteiger partial charge in [0.15, 0.2) is 0 Å². The zero-order chi connectivity index (χ0) is 17.8. The van der Waals surface area contributed by atoms with Gasteiger partial charge in [0, 0.05) is 32.2 Å². The van der Waals surface area contributed by atoms with Crippen molar-refractivity contribution in [2.24, 2.45) is 0 Å². The fraction of sp³-hybridized carbons (Fsp3) is 0.389. The summed E-state index contributed by atoms with van der Waals surface area (Å²) in [5, 5.41) is 2.47. The monoisotopic (exact) mass is 349 g/mol. The van der Waals surface area contributed by atoms with Crippen molar-refractivity contribution in [3.63, 3.8) is 0 Å². The minimum Gasteiger partial charge on any atom is -0.468 e. The topological polar surface area (TPSA) is 48.7 Å². The van der Waals surface area contributed by atoms with Crippen LogP contribution in [0.2, 0.25) is 0 Å². The lowest BCUT2D eigenvalue weighted by Gasteiger charge is -2.37. The van der Waals surface area contributed by atoms with E-state index in [1.54, 1.807) is 13.2 Å².